The third-order valence-corrected chi connectivity index (χ3v) is 6.40. The lowest BCUT2D eigenvalue weighted by Crippen LogP contribution is -2.44. The summed E-state index contributed by atoms with van der Waals surface area (Å²) in [6.07, 6.45) is 3.18. The summed E-state index contributed by atoms with van der Waals surface area (Å²) < 4.78 is 5.34. The highest BCUT2D eigenvalue weighted by Gasteiger charge is 2.23. The first kappa shape index (κ1) is 27.6. The Morgan fingerprint density at radius 1 is 1.00 bits per heavy atom. The molecule has 1 heterocycles. The minimum Gasteiger partial charge on any atom is -0.497 e. The molecule has 0 spiro atoms. The van der Waals surface area contributed by atoms with Gasteiger partial charge in [-0.15, -0.1) is 0 Å². The van der Waals surface area contributed by atoms with Gasteiger partial charge in [-0.2, -0.15) is 0 Å². The quantitative estimate of drug-likeness (QED) is 0.226. The number of benzene rings is 2. The number of hydrogen-bond donors (Lipinski definition) is 3. The number of methoxy groups -OCH3 is 1. The minimum atomic E-state index is -0.787. The number of rotatable bonds is 13. The van der Waals surface area contributed by atoms with Crippen molar-refractivity contribution in [2.45, 2.75) is 65.3 Å². The second-order valence-electron chi connectivity index (χ2n) is 9.33. The SMILES string of the molecule is COc1ccc2[nH]c(C)c(CC(=O)N[C@@H](CCCCCC(C)=O)C(=O)Nc3ccccc3C(C)=O)c2c1. The summed E-state index contributed by atoms with van der Waals surface area (Å²) in [7, 11) is 1.59. The maximum atomic E-state index is 13.2. The van der Waals surface area contributed by atoms with E-state index in [0.29, 0.717) is 36.3 Å². The Morgan fingerprint density at radius 2 is 1.76 bits per heavy atom. The van der Waals surface area contributed by atoms with Crippen LogP contribution in [-0.4, -0.2) is 41.5 Å². The Balaban J connectivity index is 1.75. The fraction of sp³-hybridized carbons (Fsp3) is 0.379. The Morgan fingerprint density at radius 3 is 2.46 bits per heavy atom. The number of carbonyl (C=O) groups excluding carboxylic acids is 4. The Labute approximate surface area is 217 Å². The maximum Gasteiger partial charge on any atom is 0.246 e. The van der Waals surface area contributed by atoms with Crippen LogP contribution in [0.4, 0.5) is 5.69 Å². The average Bonchev–Trinajstić information content (AvgIpc) is 3.16. The Kier molecular flexibility index (Phi) is 9.60. The highest BCUT2D eigenvalue weighted by molar-refractivity contribution is 6.05. The number of nitrogens with one attached hydrogen (secondary N) is 3. The topological polar surface area (TPSA) is 117 Å². The van der Waals surface area contributed by atoms with Gasteiger partial charge in [-0.3, -0.25) is 14.4 Å². The Bertz CT molecular complexity index is 1290. The van der Waals surface area contributed by atoms with Gasteiger partial charge in [-0.05, 0) is 69.5 Å². The molecule has 0 bridgehead atoms. The molecule has 0 aliphatic carbocycles. The fourth-order valence-corrected chi connectivity index (χ4v) is 4.41. The van der Waals surface area contributed by atoms with Gasteiger partial charge < -0.3 is 25.1 Å². The zero-order valence-corrected chi connectivity index (χ0v) is 21.9. The molecular formula is C29H35N3O5. The van der Waals surface area contributed by atoms with Crippen molar-refractivity contribution < 1.29 is 23.9 Å². The van der Waals surface area contributed by atoms with E-state index >= 15 is 0 Å². The fourth-order valence-electron chi connectivity index (χ4n) is 4.41. The van der Waals surface area contributed by atoms with Crippen LogP contribution in [0.5, 0.6) is 5.75 Å². The third-order valence-electron chi connectivity index (χ3n) is 6.40. The van der Waals surface area contributed by atoms with Gasteiger partial charge in [0.25, 0.3) is 0 Å². The molecule has 0 radical (unpaired) electrons. The predicted molar refractivity (Wildman–Crippen MR) is 144 cm³/mol. The first-order valence-electron chi connectivity index (χ1n) is 12.5. The molecule has 1 atom stereocenters. The first-order chi connectivity index (χ1) is 17.7. The molecule has 0 saturated heterocycles. The Hall–Kier alpha value is -3.94. The number of hydrogen-bond acceptors (Lipinski definition) is 5. The number of aromatic nitrogens is 1. The van der Waals surface area contributed by atoms with Gasteiger partial charge in [0.2, 0.25) is 11.8 Å². The van der Waals surface area contributed by atoms with Gasteiger partial charge in [0.15, 0.2) is 5.78 Å². The summed E-state index contributed by atoms with van der Waals surface area (Å²) in [5, 5.41) is 6.61. The van der Waals surface area contributed by atoms with E-state index in [1.807, 2.05) is 25.1 Å². The van der Waals surface area contributed by atoms with Crippen molar-refractivity contribution >= 4 is 40.0 Å². The lowest BCUT2D eigenvalue weighted by atomic mass is 10.0. The average molecular weight is 506 g/mol. The monoisotopic (exact) mass is 505 g/mol. The highest BCUT2D eigenvalue weighted by atomic mass is 16.5. The van der Waals surface area contributed by atoms with E-state index in [9.17, 15) is 19.2 Å². The number of Topliss-reactive ketones (excluding diaryl/α,β-unsaturated/α-hetero) is 2. The number of aromatic amines is 1. The van der Waals surface area contributed by atoms with Crippen LogP contribution in [0.15, 0.2) is 42.5 Å². The number of para-hydroxylation sites is 1. The number of ketones is 2. The minimum absolute atomic E-state index is 0.0944. The molecule has 2 amide bonds. The third kappa shape index (κ3) is 7.52. The van der Waals surface area contributed by atoms with Crippen molar-refractivity contribution in [2.75, 3.05) is 12.4 Å². The van der Waals surface area contributed by atoms with Crippen LogP contribution in [0, 0.1) is 6.92 Å². The molecule has 8 heteroatoms. The number of aryl methyl sites for hydroxylation is 1. The van der Waals surface area contributed by atoms with Crippen molar-refractivity contribution in [2.24, 2.45) is 0 Å². The van der Waals surface area contributed by atoms with Crippen molar-refractivity contribution in [3.05, 3.63) is 59.3 Å². The summed E-state index contributed by atoms with van der Waals surface area (Å²) in [5.74, 6) is 0.00160. The van der Waals surface area contributed by atoms with E-state index in [2.05, 4.69) is 15.6 Å². The molecule has 3 aromatic rings. The van der Waals surface area contributed by atoms with E-state index < -0.39 is 6.04 Å². The zero-order chi connectivity index (χ0) is 26.9. The van der Waals surface area contributed by atoms with Crippen molar-refractivity contribution in [3.8, 4) is 5.75 Å². The van der Waals surface area contributed by atoms with Gasteiger partial charge >= 0.3 is 0 Å². The summed E-state index contributed by atoms with van der Waals surface area (Å²) >= 11 is 0. The van der Waals surface area contributed by atoms with E-state index in [0.717, 1.165) is 35.0 Å². The van der Waals surface area contributed by atoms with Crippen LogP contribution in [0.3, 0.4) is 0 Å². The number of fused-ring (bicyclic) bond motifs is 1. The standard InChI is InChI=1S/C29H35N3O5/c1-18(33)10-6-5-7-13-27(29(36)32-25-12-9-8-11-22(25)20(3)34)31-28(35)17-23-19(2)30-26-15-14-21(37-4)16-24(23)26/h8-9,11-12,14-16,27,30H,5-7,10,13,17H2,1-4H3,(H,31,35)(H,32,36)/t27-/m0/s1. The number of amides is 2. The second-order valence-corrected chi connectivity index (χ2v) is 9.33. The molecule has 8 nitrogen and oxygen atoms in total. The van der Waals surface area contributed by atoms with Crippen molar-refractivity contribution in [1.82, 2.24) is 10.3 Å². The normalized spacial score (nSPS) is 11.7. The highest BCUT2D eigenvalue weighted by Crippen LogP contribution is 2.27. The van der Waals surface area contributed by atoms with Crippen LogP contribution in [0.1, 0.15) is 67.6 Å². The van der Waals surface area contributed by atoms with Crippen LogP contribution < -0.4 is 15.4 Å². The molecule has 196 valence electrons. The maximum absolute atomic E-state index is 13.2. The second kappa shape index (κ2) is 12.9. The molecule has 3 rings (SSSR count). The van der Waals surface area contributed by atoms with E-state index in [-0.39, 0.29) is 29.8 Å². The van der Waals surface area contributed by atoms with Crippen molar-refractivity contribution in [1.29, 1.82) is 0 Å². The van der Waals surface area contributed by atoms with Crippen LogP contribution in [0.2, 0.25) is 0 Å². The van der Waals surface area contributed by atoms with E-state index in [1.165, 1.54) is 6.92 Å². The summed E-state index contributed by atoms with van der Waals surface area (Å²) in [4.78, 5) is 52.9. The lowest BCUT2D eigenvalue weighted by molar-refractivity contribution is -0.126. The summed E-state index contributed by atoms with van der Waals surface area (Å²) in [5.41, 5.74) is 3.44. The predicted octanol–water partition coefficient (Wildman–Crippen LogP) is 4.89. The lowest BCUT2D eigenvalue weighted by Gasteiger charge is -2.19. The largest absolute Gasteiger partial charge is 0.497 e. The first-order valence-corrected chi connectivity index (χ1v) is 12.5. The number of H-pyrrole nitrogens is 1. The zero-order valence-electron chi connectivity index (χ0n) is 21.9. The molecule has 0 unspecified atom stereocenters. The van der Waals surface area contributed by atoms with Gasteiger partial charge in [-0.1, -0.05) is 25.0 Å². The molecule has 1 aromatic heterocycles. The molecular weight excluding hydrogens is 470 g/mol. The molecule has 0 fully saturated rings. The molecule has 0 aliphatic rings. The van der Waals surface area contributed by atoms with E-state index in [4.69, 9.17) is 4.74 Å². The molecule has 2 aromatic carbocycles. The molecule has 0 saturated carbocycles. The number of ether oxygens (including phenoxy) is 1. The van der Waals surface area contributed by atoms with Crippen LogP contribution in [-0.2, 0) is 20.8 Å². The number of carbonyl (C=O) groups is 4. The van der Waals surface area contributed by atoms with Gasteiger partial charge in [0, 0.05) is 28.6 Å². The molecule has 3 N–H and O–H groups in total. The van der Waals surface area contributed by atoms with Gasteiger partial charge in [0.1, 0.15) is 17.6 Å². The van der Waals surface area contributed by atoms with Crippen LogP contribution in [0.25, 0.3) is 10.9 Å². The van der Waals surface area contributed by atoms with E-state index in [1.54, 1.807) is 38.3 Å². The number of anilines is 1. The van der Waals surface area contributed by atoms with Crippen LogP contribution >= 0.6 is 0 Å². The summed E-state index contributed by atoms with van der Waals surface area (Å²) in [6.45, 7) is 4.91. The number of unbranched alkanes of at least 4 members (excludes halogenated alkanes) is 2. The molecule has 37 heavy (non-hydrogen) atoms. The van der Waals surface area contributed by atoms with Crippen molar-refractivity contribution in [3.63, 3.8) is 0 Å². The van der Waals surface area contributed by atoms with Gasteiger partial charge in [-0.25, -0.2) is 0 Å². The summed E-state index contributed by atoms with van der Waals surface area (Å²) in [6, 6.07) is 11.7. The van der Waals surface area contributed by atoms with Gasteiger partial charge in [0.05, 0.1) is 19.2 Å². The smallest absolute Gasteiger partial charge is 0.246 e. The molecule has 0 aliphatic heterocycles.